The predicted octanol–water partition coefficient (Wildman–Crippen LogP) is 3.08. The second kappa shape index (κ2) is 10.8. The van der Waals surface area contributed by atoms with E-state index in [1.807, 2.05) is 31.2 Å². The molecule has 1 aliphatic rings. The molecular formula is C25H27ClN4O5. The molecule has 0 aliphatic heterocycles. The number of rotatable bonds is 9. The third kappa shape index (κ3) is 6.30. The molecule has 35 heavy (non-hydrogen) atoms. The zero-order valence-corrected chi connectivity index (χ0v) is 20.4. The van der Waals surface area contributed by atoms with Crippen LogP contribution in [0.25, 0.3) is 0 Å². The van der Waals surface area contributed by atoms with Gasteiger partial charge in [0.15, 0.2) is 0 Å². The van der Waals surface area contributed by atoms with E-state index in [-0.39, 0.29) is 37.8 Å². The van der Waals surface area contributed by atoms with Crippen molar-refractivity contribution in [3.8, 4) is 5.75 Å². The molecule has 1 heterocycles. The summed E-state index contributed by atoms with van der Waals surface area (Å²) in [4.78, 5) is 45.1. The van der Waals surface area contributed by atoms with Crippen molar-refractivity contribution in [1.82, 2.24) is 14.1 Å². The maximum absolute atomic E-state index is 13.3. The number of hydrogen-bond acceptors (Lipinski definition) is 6. The van der Waals surface area contributed by atoms with E-state index in [2.05, 4.69) is 9.98 Å². The molecule has 1 N–H and O–H groups in total. The summed E-state index contributed by atoms with van der Waals surface area (Å²) in [6.45, 7) is 3.95. The van der Waals surface area contributed by atoms with Crippen LogP contribution >= 0.6 is 11.6 Å². The number of hydrogen-bond donors (Lipinski definition) is 1. The normalized spacial score (nSPS) is 13.6. The number of aromatic amines is 1. The molecule has 0 atom stereocenters. The Hall–Kier alpha value is -3.59. The van der Waals surface area contributed by atoms with Crippen LogP contribution in [-0.4, -0.2) is 32.8 Å². The van der Waals surface area contributed by atoms with Gasteiger partial charge in [-0.1, -0.05) is 41.4 Å². The fraction of sp³-hybridized carbons (Fsp3) is 0.360. The van der Waals surface area contributed by atoms with Crippen molar-refractivity contribution in [1.29, 1.82) is 0 Å². The molecule has 9 nitrogen and oxygen atoms in total. The first-order chi connectivity index (χ1) is 16.8. The highest BCUT2D eigenvalue weighted by Gasteiger charge is 2.24. The Morgan fingerprint density at radius 3 is 2.54 bits per heavy atom. The molecule has 1 saturated carbocycles. The first-order valence-corrected chi connectivity index (χ1v) is 11.9. The van der Waals surface area contributed by atoms with Gasteiger partial charge >= 0.3 is 17.3 Å². The van der Waals surface area contributed by atoms with Gasteiger partial charge in [0.2, 0.25) is 5.62 Å². The number of nitrogens with one attached hydrogen (secondary N) is 1. The monoisotopic (exact) mass is 498 g/mol. The Kier molecular flexibility index (Phi) is 7.55. The van der Waals surface area contributed by atoms with Crippen molar-refractivity contribution in [2.45, 2.75) is 52.3 Å². The van der Waals surface area contributed by atoms with Gasteiger partial charge in [0.05, 0.1) is 36.4 Å². The Balaban J connectivity index is 1.75. The molecule has 1 fully saturated rings. The van der Waals surface area contributed by atoms with Crippen LogP contribution in [0.5, 0.6) is 5.75 Å². The van der Waals surface area contributed by atoms with Crippen LogP contribution in [0.15, 0.2) is 57.0 Å². The highest BCUT2D eigenvalue weighted by molar-refractivity contribution is 6.32. The number of aryl methyl sites for hydroxylation is 1. The Labute approximate surface area is 206 Å². The predicted molar refractivity (Wildman–Crippen MR) is 131 cm³/mol. The topological polar surface area (TPSA) is 108 Å². The maximum atomic E-state index is 13.3. The molecule has 2 aromatic carbocycles. The molecule has 10 heteroatoms. The average molecular weight is 499 g/mol. The van der Waals surface area contributed by atoms with Crippen LogP contribution in [-0.2, 0) is 22.6 Å². The Morgan fingerprint density at radius 1 is 1.14 bits per heavy atom. The summed E-state index contributed by atoms with van der Waals surface area (Å²) in [7, 11) is 0. The highest BCUT2D eigenvalue weighted by atomic mass is 35.5. The Morgan fingerprint density at radius 2 is 1.89 bits per heavy atom. The van der Waals surface area contributed by atoms with Crippen molar-refractivity contribution in [3.05, 3.63) is 85.2 Å². The standard InChI is InChI=1S/C25H27ClN4O5/c1-3-34-22(31)12-13-29-24(32)28-23(30(25(29)33)15-17-6-4-16(2)5-7-17)27-18-8-11-21(20(26)14-18)35-19-9-10-19/h4-8,11,14,19H,3,9-10,12-13,15H2,1-2H3,(H,27,28,32). The van der Waals surface area contributed by atoms with Gasteiger partial charge < -0.3 is 9.47 Å². The van der Waals surface area contributed by atoms with E-state index < -0.39 is 17.3 Å². The second-order valence-corrected chi connectivity index (χ2v) is 8.77. The molecule has 0 amide bonds. The van der Waals surface area contributed by atoms with Crippen LogP contribution < -0.4 is 21.7 Å². The van der Waals surface area contributed by atoms with Crippen molar-refractivity contribution in [2.75, 3.05) is 6.61 Å². The summed E-state index contributed by atoms with van der Waals surface area (Å²) in [5, 5.41) is 0.397. The molecule has 0 unspecified atom stereocenters. The van der Waals surface area contributed by atoms with E-state index >= 15 is 0 Å². The van der Waals surface area contributed by atoms with Gasteiger partial charge in [-0.25, -0.2) is 19.1 Å². The SMILES string of the molecule is CCOC(=O)CCn1c(=O)[nH]/c(=N\c2ccc(OC3CC3)c(Cl)c2)n(Cc2ccc(C)cc2)c1=O. The lowest BCUT2D eigenvalue weighted by atomic mass is 10.1. The molecule has 0 spiro atoms. The fourth-order valence-corrected chi connectivity index (χ4v) is 3.66. The van der Waals surface area contributed by atoms with Crippen molar-refractivity contribution in [2.24, 2.45) is 4.99 Å². The minimum Gasteiger partial charge on any atom is -0.489 e. The Bertz CT molecular complexity index is 1400. The van der Waals surface area contributed by atoms with Crippen LogP contribution in [0.2, 0.25) is 5.02 Å². The highest BCUT2D eigenvalue weighted by Crippen LogP contribution is 2.33. The first kappa shape index (κ1) is 24.5. The van der Waals surface area contributed by atoms with Crippen molar-refractivity contribution in [3.63, 3.8) is 0 Å². The summed E-state index contributed by atoms with van der Waals surface area (Å²) in [5.41, 5.74) is 1.20. The molecule has 4 rings (SSSR count). The number of ether oxygens (including phenoxy) is 2. The summed E-state index contributed by atoms with van der Waals surface area (Å²) in [6.07, 6.45) is 2.12. The largest absolute Gasteiger partial charge is 0.489 e. The van der Waals surface area contributed by atoms with E-state index in [4.69, 9.17) is 21.1 Å². The number of nitrogens with zero attached hydrogens (tertiary/aromatic N) is 3. The molecular weight excluding hydrogens is 472 g/mol. The van der Waals surface area contributed by atoms with E-state index in [0.717, 1.165) is 28.5 Å². The van der Waals surface area contributed by atoms with Crippen LogP contribution in [0.4, 0.5) is 5.69 Å². The minimum atomic E-state index is -0.669. The zero-order valence-electron chi connectivity index (χ0n) is 19.6. The summed E-state index contributed by atoms with van der Waals surface area (Å²) < 4.78 is 13.0. The number of esters is 1. The third-order valence-electron chi connectivity index (χ3n) is 5.46. The number of aromatic nitrogens is 3. The molecule has 184 valence electrons. The van der Waals surface area contributed by atoms with E-state index in [1.54, 1.807) is 25.1 Å². The van der Waals surface area contributed by atoms with Gasteiger partial charge in [0.25, 0.3) is 0 Å². The van der Waals surface area contributed by atoms with Gasteiger partial charge in [0.1, 0.15) is 5.75 Å². The van der Waals surface area contributed by atoms with Gasteiger partial charge in [-0.05, 0) is 50.5 Å². The molecule has 0 saturated heterocycles. The average Bonchev–Trinajstić information content (AvgIpc) is 3.64. The molecule has 0 radical (unpaired) electrons. The van der Waals surface area contributed by atoms with Crippen LogP contribution in [0.3, 0.4) is 0 Å². The molecule has 1 aliphatic carbocycles. The van der Waals surface area contributed by atoms with Gasteiger partial charge in [-0.3, -0.25) is 14.3 Å². The fourth-order valence-electron chi connectivity index (χ4n) is 3.44. The van der Waals surface area contributed by atoms with E-state index in [0.29, 0.717) is 16.5 Å². The first-order valence-electron chi connectivity index (χ1n) is 11.5. The molecule has 3 aromatic rings. The summed E-state index contributed by atoms with van der Waals surface area (Å²) >= 11 is 6.36. The number of H-pyrrole nitrogens is 1. The minimum absolute atomic E-state index is 0.0693. The van der Waals surface area contributed by atoms with Gasteiger partial charge in [-0.2, -0.15) is 0 Å². The lowest BCUT2D eigenvalue weighted by Crippen LogP contribution is -2.50. The smallest absolute Gasteiger partial charge is 0.335 e. The maximum Gasteiger partial charge on any atom is 0.335 e. The summed E-state index contributed by atoms with van der Waals surface area (Å²) in [5.74, 6) is 0.0873. The lowest BCUT2D eigenvalue weighted by Gasteiger charge is -2.11. The number of carbonyl (C=O) groups is 1. The number of carbonyl (C=O) groups excluding carboxylic acids is 1. The van der Waals surface area contributed by atoms with Crippen LogP contribution in [0, 0.1) is 6.92 Å². The lowest BCUT2D eigenvalue weighted by molar-refractivity contribution is -0.143. The quantitative estimate of drug-likeness (QED) is 0.456. The number of benzene rings is 2. The molecule has 1 aromatic heterocycles. The van der Waals surface area contributed by atoms with Crippen LogP contribution in [0.1, 0.15) is 37.3 Å². The molecule has 0 bridgehead atoms. The van der Waals surface area contributed by atoms with E-state index in [1.165, 1.54) is 4.57 Å². The van der Waals surface area contributed by atoms with Crippen molar-refractivity contribution >= 4 is 23.3 Å². The summed E-state index contributed by atoms with van der Waals surface area (Å²) in [6, 6.07) is 12.8. The van der Waals surface area contributed by atoms with Crippen molar-refractivity contribution < 1.29 is 14.3 Å². The van der Waals surface area contributed by atoms with E-state index in [9.17, 15) is 14.4 Å². The third-order valence-corrected chi connectivity index (χ3v) is 5.75. The van der Waals surface area contributed by atoms with Gasteiger partial charge in [0, 0.05) is 6.54 Å². The second-order valence-electron chi connectivity index (χ2n) is 8.36. The zero-order chi connectivity index (χ0) is 24.9. The van der Waals surface area contributed by atoms with Gasteiger partial charge in [-0.15, -0.1) is 0 Å². The number of halogens is 1.